The van der Waals surface area contributed by atoms with Gasteiger partial charge in [0.15, 0.2) is 0 Å². The molecule has 0 atom stereocenters. The van der Waals surface area contributed by atoms with Crippen LogP contribution in [0.25, 0.3) is 0 Å². The molecule has 2 rings (SSSR count). The fourth-order valence-corrected chi connectivity index (χ4v) is 3.17. The summed E-state index contributed by atoms with van der Waals surface area (Å²) in [6, 6.07) is 7.75. The van der Waals surface area contributed by atoms with Gasteiger partial charge in [-0.05, 0) is 74.5 Å². The average Bonchev–Trinajstić information content (AvgIpc) is 2.89. The van der Waals surface area contributed by atoms with E-state index in [0.29, 0.717) is 0 Å². The van der Waals surface area contributed by atoms with Gasteiger partial charge in [0.25, 0.3) is 0 Å². The summed E-state index contributed by atoms with van der Waals surface area (Å²) in [4.78, 5) is 20.5. The number of allylic oxidation sites excluding steroid dienone is 3. The van der Waals surface area contributed by atoms with Crippen LogP contribution < -0.4 is 5.73 Å². The second kappa shape index (κ2) is 19.2. The van der Waals surface area contributed by atoms with E-state index < -0.39 is 0 Å². The number of hydrogen-bond acceptors (Lipinski definition) is 3. The van der Waals surface area contributed by atoms with Crippen LogP contribution in [-0.4, -0.2) is 12.7 Å². The van der Waals surface area contributed by atoms with Crippen LogP contribution in [0.2, 0.25) is 5.02 Å². The van der Waals surface area contributed by atoms with Crippen LogP contribution in [0.15, 0.2) is 45.7 Å². The topological polar surface area (TPSA) is 60.2 Å². The summed E-state index contributed by atoms with van der Waals surface area (Å²) >= 11 is 7.35. The molecule has 1 aromatic carbocycles. The van der Waals surface area contributed by atoms with E-state index in [4.69, 9.17) is 16.4 Å². The van der Waals surface area contributed by atoms with Crippen LogP contribution in [0, 0.1) is 6.92 Å². The zero-order chi connectivity index (χ0) is 21.1. The van der Waals surface area contributed by atoms with Gasteiger partial charge in [-0.1, -0.05) is 55.1 Å². The highest BCUT2D eigenvalue weighted by atomic mass is 35.5. The molecule has 0 saturated carbocycles. The Labute approximate surface area is 174 Å². The van der Waals surface area contributed by atoms with Gasteiger partial charge in [-0.2, -0.15) is 0 Å². The van der Waals surface area contributed by atoms with E-state index in [1.807, 2.05) is 57.4 Å². The van der Waals surface area contributed by atoms with Crippen LogP contribution in [0.5, 0.6) is 0 Å². The van der Waals surface area contributed by atoms with Gasteiger partial charge < -0.3 is 5.73 Å². The summed E-state index contributed by atoms with van der Waals surface area (Å²) in [6.45, 7) is 10.1. The average molecular weight is 412 g/mol. The Morgan fingerprint density at radius 2 is 1.56 bits per heavy atom. The van der Waals surface area contributed by atoms with Gasteiger partial charge in [0.2, 0.25) is 6.41 Å². The summed E-state index contributed by atoms with van der Waals surface area (Å²) in [6.07, 6.45) is 7.56. The molecule has 1 amide bonds. The maximum absolute atomic E-state index is 10.4. The van der Waals surface area contributed by atoms with Crippen LogP contribution >= 0.6 is 23.4 Å². The molecule has 2 N–H and O–H groups in total. The molecule has 0 spiro atoms. The fourth-order valence-electron chi connectivity index (χ4n) is 2.09. The van der Waals surface area contributed by atoms with Crippen molar-refractivity contribution in [2.75, 3.05) is 0 Å². The highest BCUT2D eigenvalue weighted by Gasteiger charge is 2.07. The monoisotopic (exact) mass is 411 g/mol. The third-order valence-electron chi connectivity index (χ3n) is 3.52. The Bertz CT molecular complexity index is 559. The van der Waals surface area contributed by atoms with Crippen molar-refractivity contribution in [2.24, 2.45) is 5.73 Å². The van der Waals surface area contributed by atoms with Crippen LogP contribution in [0.1, 0.15) is 65.4 Å². The molecule has 0 aliphatic heterocycles. The fraction of sp³-hybridized carbons (Fsp3) is 0.455. The van der Waals surface area contributed by atoms with E-state index in [0.717, 1.165) is 16.9 Å². The number of carbonyl (C=O) groups excluding carboxylic acids is 2. The van der Waals surface area contributed by atoms with E-state index in [-0.39, 0.29) is 6.41 Å². The minimum atomic E-state index is 0.250. The van der Waals surface area contributed by atoms with Crippen molar-refractivity contribution >= 4 is 36.1 Å². The second-order valence-electron chi connectivity index (χ2n) is 5.79. The van der Waals surface area contributed by atoms with Crippen LogP contribution in [0.4, 0.5) is 0 Å². The normalized spacial score (nSPS) is 13.5. The molecule has 1 aliphatic rings. The lowest BCUT2D eigenvalue weighted by Gasteiger charge is -2.05. The first kappa shape index (κ1) is 27.7. The van der Waals surface area contributed by atoms with Crippen LogP contribution in [0.3, 0.4) is 0 Å². The quantitative estimate of drug-likeness (QED) is 0.437. The Balaban J connectivity index is 0. The van der Waals surface area contributed by atoms with Gasteiger partial charge in [-0.25, -0.2) is 0 Å². The van der Waals surface area contributed by atoms with E-state index in [1.165, 1.54) is 48.1 Å². The van der Waals surface area contributed by atoms with Crippen molar-refractivity contribution in [1.29, 1.82) is 0 Å². The van der Waals surface area contributed by atoms with Crippen molar-refractivity contribution in [3.63, 3.8) is 0 Å². The standard InChI is InChI=1S/C12H18OS.C7H7Cl.C2H6.CH3NO/c1-10(8-13)9-14-12-7-5-3-4-6-11(12)2;1-6-2-4-7(8)5-3-6;1-2;2-1-3/h8-9H,3-7H2,1-2H3;2-5H,1H3;1-2H3;1H,(H2,2,3)/b10-9+;;;. The number of amides is 1. The third kappa shape index (κ3) is 16.4. The third-order valence-corrected chi connectivity index (χ3v) is 5.09. The summed E-state index contributed by atoms with van der Waals surface area (Å²) in [7, 11) is 0. The maximum Gasteiger partial charge on any atom is 0.204 e. The molecule has 0 aromatic heterocycles. The number of primary amides is 1. The van der Waals surface area contributed by atoms with Crippen molar-refractivity contribution < 1.29 is 9.59 Å². The first-order chi connectivity index (χ1) is 12.9. The molecular formula is C22H34ClNO2S. The maximum atomic E-state index is 10.4. The number of rotatable bonds is 3. The Kier molecular flexibility index (Phi) is 19.7. The van der Waals surface area contributed by atoms with E-state index in [2.05, 4.69) is 12.7 Å². The number of aldehydes is 1. The molecule has 0 heterocycles. The molecule has 5 heteroatoms. The van der Waals surface area contributed by atoms with Gasteiger partial charge >= 0.3 is 0 Å². The van der Waals surface area contributed by atoms with Gasteiger partial charge in [0.1, 0.15) is 6.29 Å². The predicted octanol–water partition coefficient (Wildman–Crippen LogP) is 6.84. The molecule has 1 aromatic rings. The van der Waals surface area contributed by atoms with Gasteiger partial charge in [-0.15, -0.1) is 11.8 Å². The number of halogens is 1. The first-order valence-corrected chi connectivity index (χ1v) is 10.5. The number of nitrogens with two attached hydrogens (primary N) is 1. The number of aryl methyl sites for hydroxylation is 1. The zero-order valence-corrected chi connectivity index (χ0v) is 18.8. The largest absolute Gasteiger partial charge is 0.372 e. The molecule has 152 valence electrons. The molecule has 0 radical (unpaired) electrons. The first-order valence-electron chi connectivity index (χ1n) is 9.29. The van der Waals surface area contributed by atoms with Crippen molar-refractivity contribution in [3.8, 4) is 0 Å². The summed E-state index contributed by atoms with van der Waals surface area (Å²) < 4.78 is 0. The Hall–Kier alpha value is -1.52. The number of benzene rings is 1. The Morgan fingerprint density at radius 3 is 2.04 bits per heavy atom. The molecule has 0 unspecified atom stereocenters. The highest BCUT2D eigenvalue weighted by Crippen LogP contribution is 2.32. The lowest BCUT2D eigenvalue weighted by atomic mass is 10.2. The molecular weight excluding hydrogens is 378 g/mol. The molecule has 0 fully saturated rings. The predicted molar refractivity (Wildman–Crippen MR) is 121 cm³/mol. The zero-order valence-electron chi connectivity index (χ0n) is 17.3. The van der Waals surface area contributed by atoms with Crippen molar-refractivity contribution in [3.05, 3.63) is 56.3 Å². The smallest absolute Gasteiger partial charge is 0.204 e. The van der Waals surface area contributed by atoms with E-state index in [1.54, 1.807) is 11.8 Å². The van der Waals surface area contributed by atoms with Gasteiger partial charge in [0, 0.05) is 5.02 Å². The number of hydrogen-bond donors (Lipinski definition) is 1. The lowest BCUT2D eigenvalue weighted by Crippen LogP contribution is -1.82. The SMILES string of the molecule is CC.CC1=C(S/C=C(\C)C=O)CCCCC1.Cc1ccc(Cl)cc1.NC=O. The minimum absolute atomic E-state index is 0.250. The molecule has 1 aliphatic carbocycles. The second-order valence-corrected chi connectivity index (χ2v) is 7.19. The summed E-state index contributed by atoms with van der Waals surface area (Å²) in [5.74, 6) is 0. The molecule has 3 nitrogen and oxygen atoms in total. The number of carbonyl (C=O) groups is 2. The summed E-state index contributed by atoms with van der Waals surface area (Å²) in [5.41, 5.74) is 7.75. The van der Waals surface area contributed by atoms with E-state index >= 15 is 0 Å². The highest BCUT2D eigenvalue weighted by molar-refractivity contribution is 8.05. The minimum Gasteiger partial charge on any atom is -0.372 e. The van der Waals surface area contributed by atoms with Crippen LogP contribution in [-0.2, 0) is 9.59 Å². The molecule has 0 saturated heterocycles. The molecule has 27 heavy (non-hydrogen) atoms. The van der Waals surface area contributed by atoms with Crippen molar-refractivity contribution in [2.45, 2.75) is 66.7 Å². The van der Waals surface area contributed by atoms with Crippen molar-refractivity contribution in [1.82, 2.24) is 0 Å². The lowest BCUT2D eigenvalue weighted by molar-refractivity contribution is -0.107. The molecule has 0 bridgehead atoms. The van der Waals surface area contributed by atoms with Gasteiger partial charge in [0.05, 0.1) is 0 Å². The summed E-state index contributed by atoms with van der Waals surface area (Å²) in [5, 5.41) is 2.77. The van der Waals surface area contributed by atoms with Gasteiger partial charge in [-0.3, -0.25) is 9.59 Å². The number of thioether (sulfide) groups is 1. The Morgan fingerprint density at radius 1 is 1.04 bits per heavy atom. The van der Waals surface area contributed by atoms with E-state index in [9.17, 15) is 4.79 Å².